The second-order valence-corrected chi connectivity index (χ2v) is 7.88. The van der Waals surface area contributed by atoms with Gasteiger partial charge >= 0.3 is 11.7 Å². The largest absolute Gasteiger partial charge is 0.491 e. The van der Waals surface area contributed by atoms with Crippen molar-refractivity contribution in [2.24, 2.45) is 0 Å². The quantitative estimate of drug-likeness (QED) is 0.242. The molecular weight excluding hydrogens is 497 g/mol. The molecule has 0 aliphatic carbocycles. The smallest absolute Gasteiger partial charge is 0.331 e. The average Bonchev–Trinajstić information content (AvgIpc) is 3.24. The number of carbonyl (C=O) groups is 2. The fraction of sp³-hybridized carbons (Fsp3) is 0.167. The molecule has 2 aromatic heterocycles. The van der Waals surface area contributed by atoms with Gasteiger partial charge < -0.3 is 29.3 Å². The van der Waals surface area contributed by atoms with Crippen LogP contribution in [0.5, 0.6) is 5.75 Å². The first kappa shape index (κ1) is 25.3. The first-order valence-electron chi connectivity index (χ1n) is 10.7. The molecular formula is C24H19F3N4O6. The number of ether oxygens (including phenoxy) is 2. The molecule has 1 amide bonds. The number of nitrogens with zero attached hydrogens (tertiary/aromatic N) is 1. The van der Waals surface area contributed by atoms with Crippen molar-refractivity contribution in [3.8, 4) is 5.75 Å². The molecule has 0 saturated heterocycles. The lowest BCUT2D eigenvalue weighted by Crippen LogP contribution is -2.47. The Morgan fingerprint density at radius 1 is 1.03 bits per heavy atom. The van der Waals surface area contributed by atoms with Gasteiger partial charge in [-0.3, -0.25) is 9.59 Å². The zero-order chi connectivity index (χ0) is 26.7. The van der Waals surface area contributed by atoms with Crippen molar-refractivity contribution in [2.45, 2.75) is 12.6 Å². The topological polar surface area (TPSA) is 135 Å². The number of H-pyrrole nitrogens is 2. The van der Waals surface area contributed by atoms with Crippen LogP contribution >= 0.6 is 0 Å². The van der Waals surface area contributed by atoms with Crippen molar-refractivity contribution < 1.29 is 32.2 Å². The molecule has 4 aromatic rings. The van der Waals surface area contributed by atoms with E-state index in [9.17, 15) is 32.3 Å². The van der Waals surface area contributed by atoms with E-state index in [-0.39, 0.29) is 30.0 Å². The number of amides is 1. The van der Waals surface area contributed by atoms with Crippen molar-refractivity contribution >= 4 is 22.9 Å². The lowest BCUT2D eigenvalue weighted by Gasteiger charge is -2.17. The molecule has 0 fully saturated rings. The third kappa shape index (κ3) is 5.55. The highest BCUT2D eigenvalue weighted by atomic mass is 19.2. The summed E-state index contributed by atoms with van der Waals surface area (Å²) in [5.41, 5.74) is -0.636. The van der Waals surface area contributed by atoms with Gasteiger partial charge in [0.1, 0.15) is 17.9 Å². The number of carbonyl (C=O) groups excluding carboxylic acids is 2. The van der Waals surface area contributed by atoms with Crippen LogP contribution in [0.4, 0.5) is 13.2 Å². The standard InChI is InChI=1S/C24H19F3N4O6/c1-36-23(34)19(11-37-13-4-5-17-18(9-13)30-24(35)29-17)28-21(32)14-3-2-6-31(22(14)33)10-12-7-15(25)20(27)16(26)8-12/h2-9,19H,10-11H2,1H3,(H,28,32)(H2,29,30,35). The number of hydrogen-bond acceptors (Lipinski definition) is 6. The Morgan fingerprint density at radius 2 is 1.73 bits per heavy atom. The average molecular weight is 516 g/mol. The Kier molecular flexibility index (Phi) is 7.13. The molecule has 37 heavy (non-hydrogen) atoms. The predicted octanol–water partition coefficient (Wildman–Crippen LogP) is 1.83. The summed E-state index contributed by atoms with van der Waals surface area (Å²) >= 11 is 0. The minimum atomic E-state index is -1.64. The van der Waals surface area contributed by atoms with E-state index in [1.165, 1.54) is 24.4 Å². The minimum absolute atomic E-state index is 0.0439. The maximum absolute atomic E-state index is 13.5. The van der Waals surface area contributed by atoms with Gasteiger partial charge in [0.15, 0.2) is 23.5 Å². The van der Waals surface area contributed by atoms with Crippen LogP contribution in [-0.4, -0.2) is 46.2 Å². The minimum Gasteiger partial charge on any atom is -0.491 e. The third-order valence-corrected chi connectivity index (χ3v) is 5.36. The lowest BCUT2D eigenvalue weighted by atomic mass is 10.2. The fourth-order valence-electron chi connectivity index (χ4n) is 3.56. The highest BCUT2D eigenvalue weighted by Crippen LogP contribution is 2.17. The van der Waals surface area contributed by atoms with Crippen molar-refractivity contribution in [3.63, 3.8) is 0 Å². The molecule has 0 radical (unpaired) electrons. The van der Waals surface area contributed by atoms with E-state index in [2.05, 4.69) is 15.3 Å². The Morgan fingerprint density at radius 3 is 2.43 bits per heavy atom. The van der Waals surface area contributed by atoms with E-state index in [1.54, 1.807) is 12.1 Å². The van der Waals surface area contributed by atoms with E-state index in [1.807, 2.05) is 0 Å². The van der Waals surface area contributed by atoms with Gasteiger partial charge in [0.05, 0.1) is 24.7 Å². The monoisotopic (exact) mass is 516 g/mol. The highest BCUT2D eigenvalue weighted by Gasteiger charge is 2.25. The van der Waals surface area contributed by atoms with Gasteiger partial charge in [0.25, 0.3) is 11.5 Å². The molecule has 2 heterocycles. The molecule has 0 aliphatic rings. The number of rotatable bonds is 8. The number of nitrogens with one attached hydrogen (secondary N) is 3. The number of fused-ring (bicyclic) bond motifs is 1. The number of pyridine rings is 1. The van der Waals surface area contributed by atoms with Gasteiger partial charge in [-0.25, -0.2) is 22.8 Å². The number of aromatic amines is 2. The molecule has 13 heteroatoms. The molecule has 0 bridgehead atoms. The summed E-state index contributed by atoms with van der Waals surface area (Å²) in [6.45, 7) is -0.713. The SMILES string of the molecule is COC(=O)C(COc1ccc2[nH]c(=O)[nH]c2c1)NC(=O)c1cccn(Cc2cc(F)c(F)c(F)c2)c1=O. The fourth-order valence-corrected chi connectivity index (χ4v) is 3.56. The van der Waals surface area contributed by atoms with Crippen LogP contribution in [-0.2, 0) is 16.1 Å². The Hall–Kier alpha value is -4.81. The normalized spacial score (nSPS) is 11.8. The maximum Gasteiger partial charge on any atom is 0.331 e. The number of halogens is 3. The molecule has 0 aliphatic heterocycles. The van der Waals surface area contributed by atoms with Gasteiger partial charge in [-0.05, 0) is 42.0 Å². The number of esters is 1. The van der Waals surface area contributed by atoms with E-state index >= 15 is 0 Å². The Bertz CT molecular complexity index is 1590. The summed E-state index contributed by atoms with van der Waals surface area (Å²) in [7, 11) is 1.11. The summed E-state index contributed by atoms with van der Waals surface area (Å²) in [6, 6.07) is 7.35. The molecule has 3 N–H and O–H groups in total. The molecule has 192 valence electrons. The molecule has 4 rings (SSSR count). The molecule has 1 atom stereocenters. The number of hydrogen-bond donors (Lipinski definition) is 3. The van der Waals surface area contributed by atoms with E-state index in [0.717, 1.165) is 23.8 Å². The van der Waals surface area contributed by atoms with Crippen LogP contribution in [0.1, 0.15) is 15.9 Å². The summed E-state index contributed by atoms with van der Waals surface area (Å²) in [5, 5.41) is 2.37. The second-order valence-electron chi connectivity index (χ2n) is 7.88. The van der Waals surface area contributed by atoms with Gasteiger partial charge in [-0.1, -0.05) is 0 Å². The number of methoxy groups -OCH3 is 1. The third-order valence-electron chi connectivity index (χ3n) is 5.36. The van der Waals surface area contributed by atoms with Gasteiger partial charge in [0, 0.05) is 12.3 Å². The van der Waals surface area contributed by atoms with Gasteiger partial charge in [-0.15, -0.1) is 0 Å². The molecule has 1 unspecified atom stereocenters. The first-order valence-corrected chi connectivity index (χ1v) is 10.7. The van der Waals surface area contributed by atoms with Crippen LogP contribution in [0.2, 0.25) is 0 Å². The van der Waals surface area contributed by atoms with Gasteiger partial charge in [0.2, 0.25) is 0 Å². The Labute approximate surface area is 205 Å². The summed E-state index contributed by atoms with van der Waals surface area (Å²) < 4.78 is 51.6. The van der Waals surface area contributed by atoms with Crippen LogP contribution in [0.15, 0.2) is 58.3 Å². The van der Waals surface area contributed by atoms with Crippen molar-refractivity contribution in [1.82, 2.24) is 19.9 Å². The lowest BCUT2D eigenvalue weighted by molar-refractivity contribution is -0.143. The molecule has 10 nitrogen and oxygen atoms in total. The van der Waals surface area contributed by atoms with Crippen LogP contribution in [0, 0.1) is 17.5 Å². The number of aromatic nitrogens is 3. The van der Waals surface area contributed by atoms with E-state index < -0.39 is 46.6 Å². The van der Waals surface area contributed by atoms with Crippen molar-refractivity contribution in [3.05, 3.63) is 98.1 Å². The summed E-state index contributed by atoms with van der Waals surface area (Å²) in [6.07, 6.45) is 1.28. The highest BCUT2D eigenvalue weighted by molar-refractivity contribution is 5.96. The number of benzene rings is 2. The molecule has 0 saturated carbocycles. The molecule has 0 spiro atoms. The maximum atomic E-state index is 13.5. The van der Waals surface area contributed by atoms with Crippen LogP contribution in [0.3, 0.4) is 0 Å². The van der Waals surface area contributed by atoms with Crippen molar-refractivity contribution in [2.75, 3.05) is 13.7 Å². The van der Waals surface area contributed by atoms with E-state index in [0.29, 0.717) is 11.0 Å². The zero-order valence-corrected chi connectivity index (χ0v) is 19.1. The van der Waals surface area contributed by atoms with Crippen LogP contribution < -0.4 is 21.3 Å². The zero-order valence-electron chi connectivity index (χ0n) is 19.1. The predicted molar refractivity (Wildman–Crippen MR) is 124 cm³/mol. The van der Waals surface area contributed by atoms with Crippen molar-refractivity contribution in [1.29, 1.82) is 0 Å². The van der Waals surface area contributed by atoms with Crippen LogP contribution in [0.25, 0.3) is 11.0 Å². The summed E-state index contributed by atoms with van der Waals surface area (Å²) in [5.74, 6) is -5.97. The number of imidazole rings is 1. The summed E-state index contributed by atoms with van der Waals surface area (Å²) in [4.78, 5) is 54.5. The molecule has 2 aromatic carbocycles. The van der Waals surface area contributed by atoms with Gasteiger partial charge in [-0.2, -0.15) is 0 Å². The Balaban J connectivity index is 1.50. The van der Waals surface area contributed by atoms with E-state index in [4.69, 9.17) is 9.47 Å². The first-order chi connectivity index (χ1) is 17.7. The second kappa shape index (κ2) is 10.4.